The predicted octanol–water partition coefficient (Wildman–Crippen LogP) is 4.51. The van der Waals surface area contributed by atoms with Crippen LogP contribution in [0.1, 0.15) is 68.2 Å². The Morgan fingerprint density at radius 1 is 1.19 bits per heavy atom. The Labute approximate surface area is 157 Å². The van der Waals surface area contributed by atoms with Crippen LogP contribution in [-0.4, -0.2) is 48.0 Å². The molecule has 2 heterocycles. The molecule has 0 aromatic rings. The van der Waals surface area contributed by atoms with Crippen LogP contribution in [-0.2, 0) is 14.0 Å². The average Bonchev–Trinajstić information content (AvgIpc) is 2.72. The maximum absolute atomic E-state index is 15.1. The molecule has 2 aliphatic heterocycles. The standard InChI is InChI=1S/C19H33BFNO4/c1-13(15(21)20-25-18(5,6)19(7,8)26-20)14-10-9-11-22(12-14)16(23)24-17(2,3)4/h14H,9-12H2,1-8H3. The van der Waals surface area contributed by atoms with Gasteiger partial charge in [0.25, 0.3) is 0 Å². The third kappa shape index (κ3) is 4.60. The van der Waals surface area contributed by atoms with Gasteiger partial charge in [-0.3, -0.25) is 0 Å². The molecular weight excluding hydrogens is 336 g/mol. The summed E-state index contributed by atoms with van der Waals surface area (Å²) in [4.78, 5) is 14.0. The zero-order valence-corrected chi connectivity index (χ0v) is 17.4. The zero-order valence-electron chi connectivity index (χ0n) is 17.4. The second-order valence-corrected chi connectivity index (χ2v) is 9.38. The van der Waals surface area contributed by atoms with E-state index in [1.54, 1.807) is 11.8 Å². The topological polar surface area (TPSA) is 48.0 Å². The van der Waals surface area contributed by atoms with E-state index in [1.807, 2.05) is 48.5 Å². The molecule has 2 saturated heterocycles. The lowest BCUT2D eigenvalue weighted by Crippen LogP contribution is -2.43. The van der Waals surface area contributed by atoms with Crippen molar-refractivity contribution in [3.8, 4) is 0 Å². The molecule has 2 rings (SSSR count). The number of hydrogen-bond donors (Lipinski definition) is 0. The second kappa shape index (κ2) is 7.15. The van der Waals surface area contributed by atoms with Gasteiger partial charge in [0.15, 0.2) is 0 Å². The Hall–Kier alpha value is -1.08. The van der Waals surface area contributed by atoms with Gasteiger partial charge >= 0.3 is 13.2 Å². The van der Waals surface area contributed by atoms with Crippen LogP contribution in [0, 0.1) is 5.92 Å². The van der Waals surface area contributed by atoms with Crippen molar-refractivity contribution in [3.05, 3.63) is 11.3 Å². The van der Waals surface area contributed by atoms with Gasteiger partial charge in [-0.05, 0) is 79.7 Å². The number of carbonyl (C=O) groups is 1. The Morgan fingerprint density at radius 2 is 1.73 bits per heavy atom. The van der Waals surface area contributed by atoms with Gasteiger partial charge in [0.2, 0.25) is 0 Å². The van der Waals surface area contributed by atoms with Crippen LogP contribution in [0.15, 0.2) is 11.3 Å². The molecule has 26 heavy (non-hydrogen) atoms. The SMILES string of the molecule is CC(=C(F)B1OC(C)(C)C(C)(C)O1)C1CCCN(C(=O)OC(C)(C)C)C1. The first kappa shape index (κ1) is 21.2. The predicted molar refractivity (Wildman–Crippen MR) is 100 cm³/mol. The fraction of sp³-hybridized carbons (Fsp3) is 0.842. The van der Waals surface area contributed by atoms with Crippen molar-refractivity contribution in [1.82, 2.24) is 4.90 Å². The summed E-state index contributed by atoms with van der Waals surface area (Å²) in [6, 6.07) is 0. The van der Waals surface area contributed by atoms with Gasteiger partial charge in [-0.25, -0.2) is 9.18 Å². The first-order valence-electron chi connectivity index (χ1n) is 9.43. The Kier molecular flexibility index (Phi) is 5.84. The highest BCUT2D eigenvalue weighted by molar-refractivity contribution is 6.53. The lowest BCUT2D eigenvalue weighted by molar-refractivity contribution is 0.00578. The minimum absolute atomic E-state index is 0.0599. The summed E-state index contributed by atoms with van der Waals surface area (Å²) in [5, 5.41) is 0. The van der Waals surface area contributed by atoms with Crippen molar-refractivity contribution in [2.75, 3.05) is 13.1 Å². The molecule has 1 amide bonds. The Balaban J connectivity index is 2.09. The third-order valence-electron chi connectivity index (χ3n) is 5.52. The van der Waals surface area contributed by atoms with E-state index in [9.17, 15) is 4.79 Å². The molecule has 0 saturated carbocycles. The smallest absolute Gasteiger partial charge is 0.444 e. The average molecular weight is 369 g/mol. The lowest BCUT2D eigenvalue weighted by atomic mass is 9.79. The molecule has 0 bridgehead atoms. The molecule has 0 aliphatic carbocycles. The van der Waals surface area contributed by atoms with Gasteiger partial charge in [-0.15, -0.1) is 0 Å². The van der Waals surface area contributed by atoms with Gasteiger partial charge in [-0.2, -0.15) is 0 Å². The van der Waals surface area contributed by atoms with Gasteiger partial charge in [0.05, 0.1) is 11.2 Å². The summed E-state index contributed by atoms with van der Waals surface area (Å²) in [6.45, 7) is 16.0. The summed E-state index contributed by atoms with van der Waals surface area (Å²) in [5.74, 6) is -0.0599. The number of hydrogen-bond acceptors (Lipinski definition) is 4. The van der Waals surface area contributed by atoms with E-state index >= 15 is 4.39 Å². The third-order valence-corrected chi connectivity index (χ3v) is 5.52. The summed E-state index contributed by atoms with van der Waals surface area (Å²) in [7, 11) is -0.989. The van der Waals surface area contributed by atoms with Gasteiger partial charge in [0.1, 0.15) is 11.3 Å². The quantitative estimate of drug-likeness (QED) is 0.672. The van der Waals surface area contributed by atoms with Gasteiger partial charge in [0, 0.05) is 13.1 Å². The molecule has 1 unspecified atom stereocenters. The first-order chi connectivity index (χ1) is 11.7. The molecule has 0 N–H and O–H groups in total. The number of carbonyl (C=O) groups excluding carboxylic acids is 1. The molecule has 2 fully saturated rings. The number of rotatable bonds is 2. The molecule has 0 spiro atoms. The van der Waals surface area contributed by atoms with E-state index in [4.69, 9.17) is 14.0 Å². The van der Waals surface area contributed by atoms with Crippen molar-refractivity contribution in [3.63, 3.8) is 0 Å². The van der Waals surface area contributed by atoms with E-state index in [0.29, 0.717) is 18.7 Å². The monoisotopic (exact) mass is 369 g/mol. The number of piperidine rings is 1. The molecule has 1 atom stereocenters. The van der Waals surface area contributed by atoms with Gasteiger partial charge < -0.3 is 18.9 Å². The highest BCUT2D eigenvalue weighted by Gasteiger charge is 2.53. The highest BCUT2D eigenvalue weighted by Crippen LogP contribution is 2.40. The Bertz CT molecular complexity index is 567. The molecular formula is C19H33BFNO4. The second-order valence-electron chi connectivity index (χ2n) is 9.38. The number of likely N-dealkylation sites (tertiary alicyclic amines) is 1. The first-order valence-corrected chi connectivity index (χ1v) is 9.43. The summed E-state index contributed by atoms with van der Waals surface area (Å²) in [5.41, 5.74) is -1.48. The fourth-order valence-electron chi connectivity index (χ4n) is 3.15. The Morgan fingerprint density at radius 3 is 2.23 bits per heavy atom. The minimum atomic E-state index is -0.989. The maximum Gasteiger partial charge on any atom is 0.525 e. The molecule has 0 aromatic carbocycles. The maximum atomic E-state index is 15.1. The van der Waals surface area contributed by atoms with Crippen LogP contribution in [0.2, 0.25) is 0 Å². The summed E-state index contributed by atoms with van der Waals surface area (Å²) >= 11 is 0. The van der Waals surface area contributed by atoms with E-state index < -0.39 is 23.9 Å². The van der Waals surface area contributed by atoms with Crippen molar-refractivity contribution >= 4 is 13.2 Å². The summed E-state index contributed by atoms with van der Waals surface area (Å²) < 4.78 is 32.2. The van der Waals surface area contributed by atoms with E-state index in [2.05, 4.69) is 0 Å². The van der Waals surface area contributed by atoms with Crippen LogP contribution in [0.4, 0.5) is 9.18 Å². The van der Waals surface area contributed by atoms with Crippen LogP contribution in [0.3, 0.4) is 0 Å². The fourth-order valence-corrected chi connectivity index (χ4v) is 3.15. The van der Waals surface area contributed by atoms with Crippen LogP contribution < -0.4 is 0 Å². The molecule has 0 aromatic heterocycles. The van der Waals surface area contributed by atoms with Crippen LogP contribution in [0.25, 0.3) is 0 Å². The largest absolute Gasteiger partial charge is 0.525 e. The van der Waals surface area contributed by atoms with Crippen molar-refractivity contribution in [2.24, 2.45) is 5.92 Å². The minimum Gasteiger partial charge on any atom is -0.444 e. The normalized spacial score (nSPS) is 26.6. The number of ether oxygens (including phenoxy) is 1. The van der Waals surface area contributed by atoms with Crippen molar-refractivity contribution < 1.29 is 23.2 Å². The molecule has 2 aliphatic rings. The number of nitrogens with zero attached hydrogens (tertiary/aromatic N) is 1. The van der Waals surface area contributed by atoms with Crippen molar-refractivity contribution in [1.29, 1.82) is 0 Å². The zero-order chi connectivity index (χ0) is 19.9. The van der Waals surface area contributed by atoms with E-state index in [0.717, 1.165) is 12.8 Å². The highest BCUT2D eigenvalue weighted by atomic mass is 19.1. The molecule has 5 nitrogen and oxygen atoms in total. The van der Waals surface area contributed by atoms with E-state index in [-0.39, 0.29) is 17.7 Å². The number of amides is 1. The van der Waals surface area contributed by atoms with Crippen molar-refractivity contribution in [2.45, 2.75) is 85.0 Å². The molecule has 7 heteroatoms. The molecule has 148 valence electrons. The van der Waals surface area contributed by atoms with E-state index in [1.165, 1.54) is 0 Å². The van der Waals surface area contributed by atoms with Crippen LogP contribution in [0.5, 0.6) is 0 Å². The lowest BCUT2D eigenvalue weighted by Gasteiger charge is -2.34. The van der Waals surface area contributed by atoms with Gasteiger partial charge in [-0.1, -0.05) is 0 Å². The molecule has 0 radical (unpaired) electrons. The van der Waals surface area contributed by atoms with Crippen LogP contribution >= 0.6 is 0 Å². The summed E-state index contributed by atoms with van der Waals surface area (Å²) in [6.07, 6.45) is 1.31. The number of halogens is 1.